The maximum atomic E-state index is 12.5. The zero-order valence-electron chi connectivity index (χ0n) is 9.97. The number of nitrogens with zero attached hydrogens (tertiary/aromatic N) is 1. The summed E-state index contributed by atoms with van der Waals surface area (Å²) in [6.07, 6.45) is 0. The van der Waals surface area contributed by atoms with Gasteiger partial charge in [-0.15, -0.1) is 0 Å². The number of hydrogen-bond donors (Lipinski definition) is 1. The molecule has 1 fully saturated rings. The SMILES string of the molecule is C[C@@H]1COCCN1S(=O)(=O)c1ccc(Br)cc1N. The molecule has 0 aromatic heterocycles. The Morgan fingerprint density at radius 1 is 1.50 bits per heavy atom. The highest BCUT2D eigenvalue weighted by molar-refractivity contribution is 9.10. The molecular weight excluding hydrogens is 320 g/mol. The van der Waals surface area contributed by atoms with Crippen molar-refractivity contribution >= 4 is 31.6 Å². The van der Waals surface area contributed by atoms with Crippen LogP contribution in [0.5, 0.6) is 0 Å². The molecule has 5 nitrogen and oxygen atoms in total. The van der Waals surface area contributed by atoms with Gasteiger partial charge in [-0.25, -0.2) is 8.42 Å². The summed E-state index contributed by atoms with van der Waals surface area (Å²) in [5.41, 5.74) is 6.05. The topological polar surface area (TPSA) is 72.6 Å². The molecule has 0 unspecified atom stereocenters. The Hall–Kier alpha value is -0.630. The molecule has 0 radical (unpaired) electrons. The molecule has 1 aromatic rings. The van der Waals surface area contributed by atoms with Gasteiger partial charge < -0.3 is 10.5 Å². The van der Waals surface area contributed by atoms with E-state index >= 15 is 0 Å². The number of halogens is 1. The quantitative estimate of drug-likeness (QED) is 0.830. The minimum Gasteiger partial charge on any atom is -0.398 e. The molecule has 1 aliphatic heterocycles. The summed E-state index contributed by atoms with van der Waals surface area (Å²) in [6.45, 7) is 3.01. The Morgan fingerprint density at radius 2 is 2.22 bits per heavy atom. The fourth-order valence-electron chi connectivity index (χ4n) is 1.95. The van der Waals surface area contributed by atoms with Crippen molar-refractivity contribution < 1.29 is 13.2 Å². The third kappa shape index (κ3) is 2.54. The summed E-state index contributed by atoms with van der Waals surface area (Å²) in [5, 5.41) is 0. The van der Waals surface area contributed by atoms with Crippen LogP contribution in [0.2, 0.25) is 0 Å². The highest BCUT2D eigenvalue weighted by Gasteiger charge is 2.32. The predicted octanol–water partition coefficient (Wildman–Crippen LogP) is 1.44. The molecule has 0 aliphatic carbocycles. The number of nitrogens with two attached hydrogens (primary N) is 1. The number of nitrogen functional groups attached to an aromatic ring is 1. The van der Waals surface area contributed by atoms with Crippen molar-refractivity contribution in [2.75, 3.05) is 25.5 Å². The number of sulfonamides is 1. The van der Waals surface area contributed by atoms with E-state index in [9.17, 15) is 8.42 Å². The lowest BCUT2D eigenvalue weighted by molar-refractivity contribution is 0.0393. The second-order valence-corrected chi connectivity index (χ2v) is 7.00. The van der Waals surface area contributed by atoms with Gasteiger partial charge in [0.05, 0.1) is 18.9 Å². The first-order chi connectivity index (χ1) is 8.43. The Bertz CT molecular complexity index is 547. The minimum atomic E-state index is -3.55. The Morgan fingerprint density at radius 3 is 2.83 bits per heavy atom. The zero-order chi connectivity index (χ0) is 13.3. The minimum absolute atomic E-state index is 0.152. The normalized spacial score (nSPS) is 22.0. The number of hydrogen-bond acceptors (Lipinski definition) is 4. The molecule has 7 heteroatoms. The molecular formula is C11H15BrN2O3S. The molecule has 18 heavy (non-hydrogen) atoms. The molecule has 1 saturated heterocycles. The van der Waals surface area contributed by atoms with Crippen LogP contribution in [0.15, 0.2) is 27.6 Å². The van der Waals surface area contributed by atoms with E-state index in [0.29, 0.717) is 19.8 Å². The van der Waals surface area contributed by atoms with Gasteiger partial charge in [0.2, 0.25) is 10.0 Å². The summed E-state index contributed by atoms with van der Waals surface area (Å²) in [4.78, 5) is 0.152. The average Bonchev–Trinajstić information content (AvgIpc) is 2.28. The van der Waals surface area contributed by atoms with Crippen LogP contribution in [0.3, 0.4) is 0 Å². The predicted molar refractivity (Wildman–Crippen MR) is 72.7 cm³/mol. The Labute approximate surface area is 115 Å². The van der Waals surface area contributed by atoms with Gasteiger partial charge in [-0.05, 0) is 25.1 Å². The summed E-state index contributed by atoms with van der Waals surface area (Å²) in [6, 6.07) is 4.62. The maximum Gasteiger partial charge on any atom is 0.245 e. The number of anilines is 1. The van der Waals surface area contributed by atoms with Crippen molar-refractivity contribution in [3.8, 4) is 0 Å². The van der Waals surface area contributed by atoms with Crippen LogP contribution in [-0.2, 0) is 14.8 Å². The van der Waals surface area contributed by atoms with Crippen molar-refractivity contribution in [2.24, 2.45) is 0 Å². The van der Waals surface area contributed by atoms with Crippen molar-refractivity contribution in [1.29, 1.82) is 0 Å². The number of morpholine rings is 1. The molecule has 0 spiro atoms. The summed E-state index contributed by atoms with van der Waals surface area (Å²) in [7, 11) is -3.55. The molecule has 1 aliphatic rings. The molecule has 2 rings (SSSR count). The molecule has 0 amide bonds. The van der Waals surface area contributed by atoms with Gasteiger partial charge in [-0.1, -0.05) is 15.9 Å². The van der Waals surface area contributed by atoms with Crippen LogP contribution in [-0.4, -0.2) is 38.5 Å². The van der Waals surface area contributed by atoms with E-state index in [4.69, 9.17) is 10.5 Å². The van der Waals surface area contributed by atoms with Crippen LogP contribution in [0.4, 0.5) is 5.69 Å². The smallest absolute Gasteiger partial charge is 0.245 e. The van der Waals surface area contributed by atoms with E-state index in [1.54, 1.807) is 12.1 Å². The van der Waals surface area contributed by atoms with Gasteiger partial charge in [0, 0.05) is 17.1 Å². The van der Waals surface area contributed by atoms with Crippen molar-refractivity contribution in [3.05, 3.63) is 22.7 Å². The van der Waals surface area contributed by atoms with Crippen LogP contribution >= 0.6 is 15.9 Å². The van der Waals surface area contributed by atoms with Gasteiger partial charge >= 0.3 is 0 Å². The third-order valence-electron chi connectivity index (χ3n) is 2.87. The second kappa shape index (κ2) is 5.16. The molecule has 1 heterocycles. The van der Waals surface area contributed by atoms with E-state index in [2.05, 4.69) is 15.9 Å². The molecule has 0 bridgehead atoms. The number of ether oxygens (including phenoxy) is 1. The van der Waals surface area contributed by atoms with Gasteiger partial charge in [0.25, 0.3) is 0 Å². The van der Waals surface area contributed by atoms with Gasteiger partial charge in [0.1, 0.15) is 4.90 Å². The lowest BCUT2D eigenvalue weighted by atomic mass is 10.3. The number of benzene rings is 1. The van der Waals surface area contributed by atoms with Gasteiger partial charge in [-0.3, -0.25) is 0 Å². The second-order valence-electron chi connectivity index (χ2n) is 4.22. The van der Waals surface area contributed by atoms with Crippen LogP contribution in [0.25, 0.3) is 0 Å². The van der Waals surface area contributed by atoms with Crippen molar-refractivity contribution in [2.45, 2.75) is 17.9 Å². The Balaban J connectivity index is 2.41. The van der Waals surface area contributed by atoms with Gasteiger partial charge in [0.15, 0.2) is 0 Å². The first-order valence-electron chi connectivity index (χ1n) is 5.57. The molecule has 1 atom stereocenters. The molecule has 2 N–H and O–H groups in total. The first kappa shape index (κ1) is 13.8. The lowest BCUT2D eigenvalue weighted by Crippen LogP contribution is -2.47. The van der Waals surface area contributed by atoms with E-state index in [0.717, 1.165) is 4.47 Å². The highest BCUT2D eigenvalue weighted by atomic mass is 79.9. The Kier molecular flexibility index (Phi) is 3.96. The third-order valence-corrected chi connectivity index (χ3v) is 5.45. The molecule has 100 valence electrons. The first-order valence-corrected chi connectivity index (χ1v) is 7.81. The largest absolute Gasteiger partial charge is 0.398 e. The van der Waals surface area contributed by atoms with Gasteiger partial charge in [-0.2, -0.15) is 4.31 Å². The van der Waals surface area contributed by atoms with Crippen LogP contribution < -0.4 is 5.73 Å². The standard InChI is InChI=1S/C11H15BrN2O3S/c1-8-7-17-5-4-14(8)18(15,16)11-3-2-9(12)6-10(11)13/h2-3,6,8H,4-5,7,13H2,1H3/t8-/m1/s1. The highest BCUT2D eigenvalue weighted by Crippen LogP contribution is 2.27. The summed E-state index contributed by atoms with van der Waals surface area (Å²) >= 11 is 3.26. The summed E-state index contributed by atoms with van der Waals surface area (Å²) < 4.78 is 32.5. The van der Waals surface area contributed by atoms with E-state index in [1.165, 1.54) is 10.4 Å². The fraction of sp³-hybridized carbons (Fsp3) is 0.455. The van der Waals surface area contributed by atoms with Crippen LogP contribution in [0.1, 0.15) is 6.92 Å². The molecule has 0 saturated carbocycles. The van der Waals surface area contributed by atoms with Crippen molar-refractivity contribution in [1.82, 2.24) is 4.31 Å². The monoisotopic (exact) mass is 334 g/mol. The van der Waals surface area contributed by atoms with E-state index in [-0.39, 0.29) is 16.6 Å². The number of rotatable bonds is 2. The van der Waals surface area contributed by atoms with Crippen LogP contribution in [0, 0.1) is 0 Å². The maximum absolute atomic E-state index is 12.5. The molecule has 1 aromatic carbocycles. The average molecular weight is 335 g/mol. The van der Waals surface area contributed by atoms with E-state index in [1.807, 2.05) is 6.92 Å². The zero-order valence-corrected chi connectivity index (χ0v) is 12.4. The summed E-state index contributed by atoms with van der Waals surface area (Å²) in [5.74, 6) is 0. The van der Waals surface area contributed by atoms with E-state index < -0.39 is 10.0 Å². The van der Waals surface area contributed by atoms with Crippen molar-refractivity contribution in [3.63, 3.8) is 0 Å². The fourth-order valence-corrected chi connectivity index (χ4v) is 4.03. The lowest BCUT2D eigenvalue weighted by Gasteiger charge is -2.32.